The molecule has 1 saturated carbocycles. The maximum absolute atomic E-state index is 12.7. The molecule has 112 valence electrons. The topological polar surface area (TPSA) is 75.9 Å². The van der Waals surface area contributed by atoms with Gasteiger partial charge < -0.3 is 5.32 Å². The van der Waals surface area contributed by atoms with Gasteiger partial charge in [-0.05, 0) is 24.7 Å². The minimum absolute atomic E-state index is 0.139. The molecule has 0 amide bonds. The Morgan fingerprint density at radius 3 is 2.50 bits per heavy atom. The van der Waals surface area contributed by atoms with Gasteiger partial charge in [-0.15, -0.1) is 0 Å². The number of nitrogens with zero attached hydrogens (tertiary/aromatic N) is 2. The van der Waals surface area contributed by atoms with Crippen LogP contribution >= 0.6 is 0 Å². The molecule has 20 heavy (non-hydrogen) atoms. The summed E-state index contributed by atoms with van der Waals surface area (Å²) in [5.74, 6) is 5.00. The average Bonchev–Trinajstić information content (AvgIpc) is 2.36. The van der Waals surface area contributed by atoms with Gasteiger partial charge >= 0.3 is 6.18 Å². The van der Waals surface area contributed by atoms with Crippen molar-refractivity contribution < 1.29 is 13.2 Å². The van der Waals surface area contributed by atoms with Gasteiger partial charge in [-0.1, -0.05) is 13.3 Å². The molecule has 1 aliphatic rings. The normalized spacial score (nSPS) is 17.4. The van der Waals surface area contributed by atoms with Crippen molar-refractivity contribution in [2.24, 2.45) is 11.3 Å². The summed E-state index contributed by atoms with van der Waals surface area (Å²) in [5, 5.41) is 2.98. The second-order valence-electron chi connectivity index (χ2n) is 5.16. The number of hydrogen-bond acceptors (Lipinski definition) is 5. The number of alkyl halides is 3. The summed E-state index contributed by atoms with van der Waals surface area (Å²) in [7, 11) is 0. The van der Waals surface area contributed by atoms with Gasteiger partial charge in [0, 0.05) is 12.6 Å². The van der Waals surface area contributed by atoms with Crippen molar-refractivity contribution in [3.8, 4) is 0 Å². The van der Waals surface area contributed by atoms with E-state index in [0.717, 1.165) is 25.3 Å². The number of anilines is 2. The van der Waals surface area contributed by atoms with Crippen LogP contribution in [-0.2, 0) is 6.18 Å². The molecule has 1 heterocycles. The van der Waals surface area contributed by atoms with Crippen LogP contribution in [0.4, 0.5) is 24.9 Å². The summed E-state index contributed by atoms with van der Waals surface area (Å²) in [4.78, 5) is 7.21. The maximum Gasteiger partial charge on any atom is 0.433 e. The Balaban J connectivity index is 2.14. The first kappa shape index (κ1) is 14.8. The molecular weight excluding hydrogens is 271 g/mol. The summed E-state index contributed by atoms with van der Waals surface area (Å²) in [6, 6.07) is 0.906. The average molecular weight is 289 g/mol. The highest BCUT2D eigenvalue weighted by atomic mass is 19.4. The zero-order valence-corrected chi connectivity index (χ0v) is 11.2. The largest absolute Gasteiger partial charge is 0.433 e. The SMILES string of the molecule is CCC1(CNc2cc(C(F)(F)F)nc(NN)n2)CCC1. The molecule has 1 aromatic heterocycles. The van der Waals surface area contributed by atoms with E-state index >= 15 is 0 Å². The lowest BCUT2D eigenvalue weighted by atomic mass is 9.67. The van der Waals surface area contributed by atoms with E-state index in [4.69, 9.17) is 5.84 Å². The quantitative estimate of drug-likeness (QED) is 0.574. The Kier molecular flexibility index (Phi) is 4.03. The maximum atomic E-state index is 12.7. The summed E-state index contributed by atoms with van der Waals surface area (Å²) < 4.78 is 38.1. The van der Waals surface area contributed by atoms with Crippen LogP contribution in [0.25, 0.3) is 0 Å². The fourth-order valence-electron chi connectivity index (χ4n) is 2.36. The Morgan fingerprint density at radius 2 is 2.05 bits per heavy atom. The van der Waals surface area contributed by atoms with Gasteiger partial charge in [-0.3, -0.25) is 5.43 Å². The third-order valence-corrected chi connectivity index (χ3v) is 3.95. The Hall–Kier alpha value is -1.57. The molecule has 0 aromatic carbocycles. The highest BCUT2D eigenvalue weighted by Crippen LogP contribution is 2.43. The lowest BCUT2D eigenvalue weighted by Crippen LogP contribution is -2.36. The van der Waals surface area contributed by atoms with Crippen molar-refractivity contribution in [1.29, 1.82) is 0 Å². The van der Waals surface area contributed by atoms with Crippen molar-refractivity contribution in [3.63, 3.8) is 0 Å². The van der Waals surface area contributed by atoms with E-state index in [1.165, 1.54) is 6.42 Å². The smallest absolute Gasteiger partial charge is 0.369 e. The van der Waals surface area contributed by atoms with Gasteiger partial charge in [-0.25, -0.2) is 10.8 Å². The van der Waals surface area contributed by atoms with E-state index < -0.39 is 11.9 Å². The minimum Gasteiger partial charge on any atom is -0.369 e. The third-order valence-electron chi connectivity index (χ3n) is 3.95. The predicted octanol–water partition coefficient (Wildman–Crippen LogP) is 2.77. The second kappa shape index (κ2) is 5.43. The number of hydrazine groups is 1. The van der Waals surface area contributed by atoms with E-state index in [0.29, 0.717) is 6.54 Å². The summed E-state index contributed by atoms with van der Waals surface area (Å²) in [6.07, 6.45) is -0.169. The molecule has 0 radical (unpaired) electrons. The molecule has 0 saturated heterocycles. The van der Waals surface area contributed by atoms with Crippen molar-refractivity contribution in [1.82, 2.24) is 9.97 Å². The first-order valence-electron chi connectivity index (χ1n) is 6.55. The molecule has 0 bridgehead atoms. The van der Waals surface area contributed by atoms with Crippen LogP contribution in [0, 0.1) is 5.41 Å². The minimum atomic E-state index is -4.52. The van der Waals surface area contributed by atoms with E-state index in [1.54, 1.807) is 0 Å². The van der Waals surface area contributed by atoms with Crippen molar-refractivity contribution in [2.45, 2.75) is 38.8 Å². The number of aromatic nitrogens is 2. The number of nitrogen functional groups attached to an aromatic ring is 1. The fourth-order valence-corrected chi connectivity index (χ4v) is 2.36. The van der Waals surface area contributed by atoms with Gasteiger partial charge in [-0.2, -0.15) is 18.2 Å². The molecule has 0 atom stereocenters. The predicted molar refractivity (Wildman–Crippen MR) is 69.9 cm³/mol. The van der Waals surface area contributed by atoms with Gasteiger partial charge in [0.25, 0.3) is 0 Å². The van der Waals surface area contributed by atoms with Gasteiger partial charge in [0.1, 0.15) is 5.82 Å². The Morgan fingerprint density at radius 1 is 1.35 bits per heavy atom. The number of nitrogens with one attached hydrogen (secondary N) is 2. The molecule has 1 aromatic rings. The number of hydrogen-bond donors (Lipinski definition) is 3. The Labute approximate surface area is 115 Å². The zero-order chi connectivity index (χ0) is 14.8. The highest BCUT2D eigenvalue weighted by molar-refractivity contribution is 5.43. The molecular formula is C12H18F3N5. The van der Waals surface area contributed by atoms with E-state index in [2.05, 4.69) is 27.6 Å². The Bertz CT molecular complexity index is 465. The molecule has 0 spiro atoms. The van der Waals surface area contributed by atoms with E-state index in [9.17, 15) is 13.2 Å². The molecule has 2 rings (SSSR count). The van der Waals surface area contributed by atoms with Gasteiger partial charge in [0.2, 0.25) is 5.95 Å². The van der Waals surface area contributed by atoms with Crippen LogP contribution < -0.4 is 16.6 Å². The van der Waals surface area contributed by atoms with Gasteiger partial charge in [0.05, 0.1) is 0 Å². The molecule has 0 aliphatic heterocycles. The molecule has 8 heteroatoms. The van der Waals surface area contributed by atoms with E-state index in [1.807, 2.05) is 0 Å². The van der Waals surface area contributed by atoms with Crippen LogP contribution in [0.2, 0.25) is 0 Å². The fraction of sp³-hybridized carbons (Fsp3) is 0.667. The summed E-state index contributed by atoms with van der Waals surface area (Å²) in [5.41, 5.74) is 1.23. The zero-order valence-electron chi connectivity index (χ0n) is 11.2. The number of nitrogens with two attached hydrogens (primary N) is 1. The van der Waals surface area contributed by atoms with Crippen LogP contribution in [-0.4, -0.2) is 16.5 Å². The molecule has 4 N–H and O–H groups in total. The molecule has 5 nitrogen and oxygen atoms in total. The van der Waals surface area contributed by atoms with Crippen molar-refractivity contribution in [2.75, 3.05) is 17.3 Å². The van der Waals surface area contributed by atoms with Crippen molar-refractivity contribution in [3.05, 3.63) is 11.8 Å². The van der Waals surface area contributed by atoms with Crippen molar-refractivity contribution >= 4 is 11.8 Å². The van der Waals surface area contributed by atoms with Crippen LogP contribution in [0.5, 0.6) is 0 Å². The summed E-state index contributed by atoms with van der Waals surface area (Å²) in [6.45, 7) is 2.71. The lowest BCUT2D eigenvalue weighted by molar-refractivity contribution is -0.141. The molecule has 1 fully saturated rings. The third kappa shape index (κ3) is 3.12. The summed E-state index contributed by atoms with van der Waals surface area (Å²) >= 11 is 0. The second-order valence-corrected chi connectivity index (χ2v) is 5.16. The standard InChI is InChI=1S/C12H18F3N5/c1-2-11(4-3-5-11)7-17-9-6-8(12(13,14)15)18-10(19-9)20-16/h6H,2-5,7,16H2,1H3,(H2,17,18,19,20). The highest BCUT2D eigenvalue weighted by Gasteiger charge is 2.36. The molecule has 1 aliphatic carbocycles. The number of rotatable bonds is 5. The van der Waals surface area contributed by atoms with Crippen LogP contribution in [0.15, 0.2) is 6.07 Å². The van der Waals surface area contributed by atoms with Crippen LogP contribution in [0.3, 0.4) is 0 Å². The van der Waals surface area contributed by atoms with E-state index in [-0.39, 0.29) is 17.2 Å². The van der Waals surface area contributed by atoms with Gasteiger partial charge in [0.15, 0.2) is 5.69 Å². The first-order chi connectivity index (χ1) is 9.38. The molecule has 0 unspecified atom stereocenters. The van der Waals surface area contributed by atoms with Crippen LogP contribution in [0.1, 0.15) is 38.3 Å². The monoisotopic (exact) mass is 289 g/mol. The lowest BCUT2D eigenvalue weighted by Gasteiger charge is -2.41. The number of halogens is 3. The first-order valence-corrected chi connectivity index (χ1v) is 6.55.